The van der Waals surface area contributed by atoms with Crippen LogP contribution in [0, 0.1) is 12.8 Å². The highest BCUT2D eigenvalue weighted by Gasteiger charge is 2.35. The number of hydrogen-bond donors (Lipinski definition) is 0. The molecule has 0 spiro atoms. The Morgan fingerprint density at radius 3 is 2.81 bits per heavy atom. The number of furan rings is 1. The Balaban J connectivity index is 1.34. The molecule has 1 aliphatic heterocycles. The van der Waals surface area contributed by atoms with Gasteiger partial charge in [0.2, 0.25) is 11.8 Å². The van der Waals surface area contributed by atoms with E-state index >= 15 is 0 Å². The standard InChI is InChI=1S/C28H31ClN2O4S/c1-19-15-21(8-9-24(19)29)35-18-25-23-11-14-36-26(23)10-12-31(25)27(32)17-30(16-22-7-4-13-34-22)28(33)20-5-2-3-6-20/h4,7-9,11,13-15,20,25H,2-3,5-6,10,12,16-18H2,1H3. The van der Waals surface area contributed by atoms with Crippen LogP contribution in [0.1, 0.15) is 53.5 Å². The molecule has 5 rings (SSSR count). The highest BCUT2D eigenvalue weighted by Crippen LogP contribution is 2.35. The predicted molar refractivity (Wildman–Crippen MR) is 140 cm³/mol. The van der Waals surface area contributed by atoms with Crippen molar-refractivity contribution in [2.24, 2.45) is 5.92 Å². The largest absolute Gasteiger partial charge is 0.491 e. The van der Waals surface area contributed by atoms with E-state index in [9.17, 15) is 9.59 Å². The van der Waals surface area contributed by atoms with Crippen LogP contribution < -0.4 is 4.74 Å². The Labute approximate surface area is 220 Å². The first-order valence-corrected chi connectivity index (χ1v) is 13.8. The Morgan fingerprint density at radius 1 is 1.22 bits per heavy atom. The van der Waals surface area contributed by atoms with E-state index in [0.29, 0.717) is 30.5 Å². The number of ether oxygens (including phenoxy) is 1. The number of aryl methyl sites for hydroxylation is 1. The minimum absolute atomic E-state index is 0.00938. The fraction of sp³-hybridized carbons (Fsp3) is 0.429. The van der Waals surface area contributed by atoms with Crippen LogP contribution >= 0.6 is 22.9 Å². The Hall–Kier alpha value is -2.77. The third kappa shape index (κ3) is 5.47. The van der Waals surface area contributed by atoms with Crippen LogP contribution in [0.4, 0.5) is 0 Å². The first kappa shape index (κ1) is 24.9. The zero-order chi connectivity index (χ0) is 25.1. The van der Waals surface area contributed by atoms with Crippen molar-refractivity contribution in [1.29, 1.82) is 0 Å². The zero-order valence-corrected chi connectivity index (χ0v) is 22.0. The normalized spacial score (nSPS) is 17.7. The average Bonchev–Trinajstić information content (AvgIpc) is 3.66. The van der Waals surface area contributed by atoms with Crippen LogP contribution in [0.2, 0.25) is 5.02 Å². The Bertz CT molecular complexity index is 1200. The molecule has 36 heavy (non-hydrogen) atoms. The lowest BCUT2D eigenvalue weighted by molar-refractivity contribution is -0.145. The Kier molecular flexibility index (Phi) is 7.67. The maximum absolute atomic E-state index is 13.7. The second-order valence-electron chi connectivity index (χ2n) is 9.63. The fourth-order valence-electron chi connectivity index (χ4n) is 5.24. The number of halogens is 1. The molecule has 2 aliphatic rings. The van der Waals surface area contributed by atoms with Gasteiger partial charge in [-0.1, -0.05) is 24.4 Å². The van der Waals surface area contributed by atoms with E-state index in [1.165, 1.54) is 4.88 Å². The highest BCUT2D eigenvalue weighted by atomic mass is 35.5. The van der Waals surface area contributed by atoms with Gasteiger partial charge in [-0.2, -0.15) is 0 Å². The van der Waals surface area contributed by atoms with E-state index in [-0.39, 0.29) is 30.3 Å². The van der Waals surface area contributed by atoms with Crippen molar-refractivity contribution in [2.45, 2.75) is 51.6 Å². The summed E-state index contributed by atoms with van der Waals surface area (Å²) in [4.78, 5) is 32.0. The number of benzene rings is 1. The zero-order valence-electron chi connectivity index (χ0n) is 20.5. The molecule has 1 unspecified atom stereocenters. The van der Waals surface area contributed by atoms with Crippen LogP contribution in [0.5, 0.6) is 5.75 Å². The summed E-state index contributed by atoms with van der Waals surface area (Å²) in [7, 11) is 0. The molecule has 0 radical (unpaired) electrons. The number of amides is 2. The molecule has 0 bridgehead atoms. The van der Waals surface area contributed by atoms with E-state index in [0.717, 1.165) is 49.0 Å². The molecule has 0 N–H and O–H groups in total. The van der Waals surface area contributed by atoms with Crippen LogP contribution in [-0.2, 0) is 22.6 Å². The Morgan fingerprint density at radius 2 is 2.06 bits per heavy atom. The summed E-state index contributed by atoms with van der Waals surface area (Å²) >= 11 is 7.89. The minimum atomic E-state index is -0.212. The van der Waals surface area contributed by atoms with Gasteiger partial charge in [0.1, 0.15) is 24.7 Å². The third-order valence-electron chi connectivity index (χ3n) is 7.22. The minimum Gasteiger partial charge on any atom is -0.491 e. The van der Waals surface area contributed by atoms with Crippen LogP contribution in [0.15, 0.2) is 52.5 Å². The predicted octanol–water partition coefficient (Wildman–Crippen LogP) is 6.03. The number of thiophene rings is 1. The molecule has 3 heterocycles. The molecule has 2 aromatic heterocycles. The lowest BCUT2D eigenvalue weighted by Gasteiger charge is -2.37. The topological polar surface area (TPSA) is 63.0 Å². The fourth-order valence-corrected chi connectivity index (χ4v) is 6.29. The number of nitrogens with zero attached hydrogens (tertiary/aromatic N) is 2. The summed E-state index contributed by atoms with van der Waals surface area (Å²) in [6, 6.07) is 11.1. The molecule has 2 amide bonds. The third-order valence-corrected chi connectivity index (χ3v) is 8.64. The number of carbonyl (C=O) groups is 2. The lowest BCUT2D eigenvalue weighted by atomic mass is 10.00. The summed E-state index contributed by atoms with van der Waals surface area (Å²) in [6.45, 7) is 3.22. The molecule has 1 fully saturated rings. The van der Waals surface area contributed by atoms with Gasteiger partial charge in [0.25, 0.3) is 0 Å². The van der Waals surface area contributed by atoms with Gasteiger partial charge in [0, 0.05) is 22.4 Å². The van der Waals surface area contributed by atoms with Gasteiger partial charge >= 0.3 is 0 Å². The van der Waals surface area contributed by atoms with Crippen LogP contribution in [0.3, 0.4) is 0 Å². The SMILES string of the molecule is Cc1cc(OCC2c3ccsc3CCN2C(=O)CN(Cc2ccco2)C(=O)C2CCCC2)ccc1Cl. The van der Waals surface area contributed by atoms with E-state index in [1.807, 2.05) is 42.2 Å². The van der Waals surface area contributed by atoms with Crippen molar-refractivity contribution in [3.63, 3.8) is 0 Å². The van der Waals surface area contributed by atoms with Crippen molar-refractivity contribution in [2.75, 3.05) is 19.7 Å². The molecular formula is C28H31ClN2O4S. The molecule has 1 saturated carbocycles. The van der Waals surface area contributed by atoms with E-state index < -0.39 is 0 Å². The second-order valence-corrected chi connectivity index (χ2v) is 11.0. The average molecular weight is 527 g/mol. The number of carbonyl (C=O) groups excluding carboxylic acids is 2. The molecule has 0 saturated heterocycles. The maximum atomic E-state index is 13.7. The molecule has 8 heteroatoms. The van der Waals surface area contributed by atoms with Gasteiger partial charge in [0.15, 0.2) is 0 Å². The van der Waals surface area contributed by atoms with Gasteiger partial charge in [-0.25, -0.2) is 0 Å². The second kappa shape index (κ2) is 11.1. The van der Waals surface area contributed by atoms with Crippen LogP contribution in [0.25, 0.3) is 0 Å². The summed E-state index contributed by atoms with van der Waals surface area (Å²) in [6.07, 6.45) is 6.32. The highest BCUT2D eigenvalue weighted by molar-refractivity contribution is 7.10. The van der Waals surface area contributed by atoms with Crippen LogP contribution in [-0.4, -0.2) is 41.3 Å². The lowest BCUT2D eigenvalue weighted by Crippen LogP contribution is -2.48. The van der Waals surface area contributed by atoms with Crippen molar-refractivity contribution < 1.29 is 18.7 Å². The smallest absolute Gasteiger partial charge is 0.242 e. The summed E-state index contributed by atoms with van der Waals surface area (Å²) in [5.74, 6) is 1.39. The number of fused-ring (bicyclic) bond motifs is 1. The van der Waals surface area contributed by atoms with Crippen molar-refractivity contribution >= 4 is 34.8 Å². The molecular weight excluding hydrogens is 496 g/mol. The van der Waals surface area contributed by atoms with Gasteiger partial charge < -0.3 is 19.0 Å². The molecule has 1 atom stereocenters. The van der Waals surface area contributed by atoms with Gasteiger partial charge in [0.05, 0.1) is 18.8 Å². The van der Waals surface area contributed by atoms with Crippen molar-refractivity contribution in [3.8, 4) is 5.75 Å². The molecule has 1 aliphatic carbocycles. The van der Waals surface area contributed by atoms with E-state index in [1.54, 1.807) is 22.5 Å². The van der Waals surface area contributed by atoms with Gasteiger partial charge in [-0.05, 0) is 79.1 Å². The number of hydrogen-bond acceptors (Lipinski definition) is 5. The van der Waals surface area contributed by atoms with Gasteiger partial charge in [-0.15, -0.1) is 11.3 Å². The first-order chi connectivity index (χ1) is 17.5. The monoisotopic (exact) mass is 526 g/mol. The molecule has 1 aromatic carbocycles. The maximum Gasteiger partial charge on any atom is 0.242 e. The molecule has 190 valence electrons. The van der Waals surface area contributed by atoms with E-state index in [4.69, 9.17) is 20.8 Å². The first-order valence-electron chi connectivity index (χ1n) is 12.6. The van der Waals surface area contributed by atoms with E-state index in [2.05, 4.69) is 11.4 Å². The summed E-state index contributed by atoms with van der Waals surface area (Å²) < 4.78 is 11.7. The molecule has 3 aromatic rings. The number of rotatable bonds is 8. The summed E-state index contributed by atoms with van der Waals surface area (Å²) in [5, 5.41) is 2.77. The van der Waals surface area contributed by atoms with Crippen molar-refractivity contribution in [3.05, 3.63) is 74.8 Å². The summed E-state index contributed by atoms with van der Waals surface area (Å²) in [5.41, 5.74) is 2.07. The van der Waals surface area contributed by atoms with Crippen molar-refractivity contribution in [1.82, 2.24) is 9.80 Å². The van der Waals surface area contributed by atoms with Gasteiger partial charge in [-0.3, -0.25) is 9.59 Å². The molecule has 6 nitrogen and oxygen atoms in total. The quantitative estimate of drug-likeness (QED) is 0.359.